The van der Waals surface area contributed by atoms with Gasteiger partial charge in [-0.25, -0.2) is 4.98 Å². The Bertz CT molecular complexity index is 936. The summed E-state index contributed by atoms with van der Waals surface area (Å²) in [5.74, 6) is 0.710. The van der Waals surface area contributed by atoms with E-state index in [1.165, 1.54) is 0 Å². The average molecular weight is 322 g/mol. The molecular formula is C17H18N6O. The van der Waals surface area contributed by atoms with E-state index < -0.39 is 5.60 Å². The molecule has 0 aliphatic carbocycles. The zero-order valence-corrected chi connectivity index (χ0v) is 13.7. The van der Waals surface area contributed by atoms with Crippen molar-refractivity contribution in [2.45, 2.75) is 12.5 Å². The minimum atomic E-state index is -0.477. The zero-order valence-electron chi connectivity index (χ0n) is 13.7. The second kappa shape index (κ2) is 5.35. The number of anilines is 1. The van der Waals surface area contributed by atoms with E-state index in [1.54, 1.807) is 4.68 Å². The van der Waals surface area contributed by atoms with Crippen molar-refractivity contribution < 1.29 is 4.74 Å². The Balaban J connectivity index is 1.74. The molecule has 1 aliphatic heterocycles. The van der Waals surface area contributed by atoms with Crippen LogP contribution in [0.4, 0.5) is 5.82 Å². The molecule has 122 valence electrons. The van der Waals surface area contributed by atoms with Crippen molar-refractivity contribution in [1.82, 2.24) is 19.2 Å². The fourth-order valence-corrected chi connectivity index (χ4v) is 3.23. The van der Waals surface area contributed by atoms with Crippen LogP contribution in [0.5, 0.6) is 0 Å². The number of aromatic nitrogens is 4. The van der Waals surface area contributed by atoms with E-state index >= 15 is 0 Å². The van der Waals surface area contributed by atoms with Gasteiger partial charge in [-0.1, -0.05) is 6.07 Å². The van der Waals surface area contributed by atoms with Crippen molar-refractivity contribution >= 4 is 11.5 Å². The Morgan fingerprint density at radius 2 is 2.25 bits per heavy atom. The third kappa shape index (κ3) is 2.23. The number of aryl methyl sites for hydroxylation is 1. The van der Waals surface area contributed by atoms with E-state index in [-0.39, 0.29) is 0 Å². The molecule has 1 fully saturated rings. The fraction of sp³-hybridized carbons (Fsp3) is 0.353. The van der Waals surface area contributed by atoms with Crippen LogP contribution in [0.2, 0.25) is 0 Å². The highest BCUT2D eigenvalue weighted by Gasteiger charge is 2.36. The maximum absolute atomic E-state index is 9.60. The van der Waals surface area contributed by atoms with Crippen LogP contribution >= 0.6 is 0 Å². The number of imidazole rings is 1. The summed E-state index contributed by atoms with van der Waals surface area (Å²) in [7, 11) is 1.89. The first kappa shape index (κ1) is 14.7. The second-order valence-electron chi connectivity index (χ2n) is 6.23. The maximum Gasteiger partial charge on any atom is 0.169 e. The lowest BCUT2D eigenvalue weighted by Crippen LogP contribution is -2.48. The lowest BCUT2D eigenvalue weighted by Gasteiger charge is -2.40. The Hall–Kier alpha value is -2.85. The van der Waals surface area contributed by atoms with E-state index in [1.807, 2.05) is 48.2 Å². The SMILES string of the molecule is Cn1cc(C2(C)CN(c3nc4ccccn4c3C#N)CCO2)cn1. The van der Waals surface area contributed by atoms with Gasteiger partial charge in [0.15, 0.2) is 11.5 Å². The Morgan fingerprint density at radius 3 is 3.00 bits per heavy atom. The Labute approximate surface area is 139 Å². The molecule has 1 aliphatic rings. The van der Waals surface area contributed by atoms with Crippen LogP contribution in [0.1, 0.15) is 18.2 Å². The molecular weight excluding hydrogens is 304 g/mol. The van der Waals surface area contributed by atoms with Crippen LogP contribution in [0, 0.1) is 11.3 Å². The molecule has 1 unspecified atom stereocenters. The number of morpholine rings is 1. The number of hydrogen-bond acceptors (Lipinski definition) is 5. The van der Waals surface area contributed by atoms with Gasteiger partial charge in [-0.2, -0.15) is 10.4 Å². The van der Waals surface area contributed by atoms with Gasteiger partial charge in [-0.3, -0.25) is 9.08 Å². The first-order valence-corrected chi connectivity index (χ1v) is 7.86. The molecule has 0 aromatic carbocycles. The van der Waals surface area contributed by atoms with E-state index in [0.717, 1.165) is 11.2 Å². The highest BCUT2D eigenvalue weighted by atomic mass is 16.5. The standard InChI is InChI=1S/C17H18N6O/c1-17(13-10-19-21(2)11-13)12-22(7-8-24-17)16-14(9-18)23-6-4-3-5-15(23)20-16/h3-6,10-11H,7-8,12H2,1-2H3. The first-order chi connectivity index (χ1) is 11.6. The predicted molar refractivity (Wildman–Crippen MR) is 88.6 cm³/mol. The summed E-state index contributed by atoms with van der Waals surface area (Å²) >= 11 is 0. The zero-order chi connectivity index (χ0) is 16.7. The van der Waals surface area contributed by atoms with Gasteiger partial charge in [0.05, 0.1) is 19.3 Å². The molecule has 1 saturated heterocycles. The van der Waals surface area contributed by atoms with E-state index in [2.05, 4.69) is 28.0 Å². The number of ether oxygens (including phenoxy) is 1. The Kier molecular flexibility index (Phi) is 3.28. The van der Waals surface area contributed by atoms with Gasteiger partial charge >= 0.3 is 0 Å². The molecule has 3 aromatic rings. The molecule has 24 heavy (non-hydrogen) atoms. The van der Waals surface area contributed by atoms with Crippen LogP contribution in [0.15, 0.2) is 36.8 Å². The van der Waals surface area contributed by atoms with Gasteiger partial charge in [-0.15, -0.1) is 0 Å². The van der Waals surface area contributed by atoms with Crippen molar-refractivity contribution in [1.29, 1.82) is 5.26 Å². The van der Waals surface area contributed by atoms with Crippen LogP contribution in [-0.4, -0.2) is 38.9 Å². The number of hydrogen-bond donors (Lipinski definition) is 0. The van der Waals surface area contributed by atoms with Gasteiger partial charge in [0.1, 0.15) is 17.3 Å². The Morgan fingerprint density at radius 1 is 1.38 bits per heavy atom. The molecule has 0 saturated carbocycles. The van der Waals surface area contributed by atoms with Crippen molar-refractivity contribution in [3.05, 3.63) is 48.0 Å². The quantitative estimate of drug-likeness (QED) is 0.718. The highest BCUT2D eigenvalue weighted by Crippen LogP contribution is 2.32. The average Bonchev–Trinajstić information content (AvgIpc) is 3.18. The number of nitriles is 1. The number of pyridine rings is 1. The summed E-state index contributed by atoms with van der Waals surface area (Å²) in [6, 6.07) is 8.02. The molecule has 1 atom stereocenters. The van der Waals surface area contributed by atoms with Crippen molar-refractivity contribution in [2.75, 3.05) is 24.6 Å². The topological polar surface area (TPSA) is 71.4 Å². The lowest BCUT2D eigenvalue weighted by molar-refractivity contribution is -0.0468. The molecule has 0 spiro atoms. The van der Waals surface area contributed by atoms with Gasteiger partial charge in [0.25, 0.3) is 0 Å². The summed E-state index contributed by atoms with van der Waals surface area (Å²) in [5, 5.41) is 13.9. The molecule has 3 aromatic heterocycles. The molecule has 0 amide bonds. The molecule has 4 rings (SSSR count). The lowest BCUT2D eigenvalue weighted by atomic mass is 9.97. The van der Waals surface area contributed by atoms with Gasteiger partial charge < -0.3 is 9.64 Å². The minimum absolute atomic E-state index is 0.477. The summed E-state index contributed by atoms with van der Waals surface area (Å²) in [6.07, 6.45) is 5.67. The molecule has 4 heterocycles. The van der Waals surface area contributed by atoms with Gasteiger partial charge in [-0.05, 0) is 19.1 Å². The number of nitrogens with zero attached hydrogens (tertiary/aromatic N) is 6. The summed E-state index contributed by atoms with van der Waals surface area (Å²) in [4.78, 5) is 6.79. The highest BCUT2D eigenvalue weighted by molar-refractivity contribution is 5.60. The smallest absolute Gasteiger partial charge is 0.169 e. The molecule has 0 bridgehead atoms. The first-order valence-electron chi connectivity index (χ1n) is 7.86. The largest absolute Gasteiger partial charge is 0.367 e. The van der Waals surface area contributed by atoms with Crippen molar-refractivity contribution in [3.63, 3.8) is 0 Å². The van der Waals surface area contributed by atoms with Crippen LogP contribution in [-0.2, 0) is 17.4 Å². The van der Waals surface area contributed by atoms with Gasteiger partial charge in [0, 0.05) is 31.5 Å². The van der Waals surface area contributed by atoms with Crippen LogP contribution in [0.25, 0.3) is 5.65 Å². The predicted octanol–water partition coefficient (Wildman–Crippen LogP) is 1.69. The van der Waals surface area contributed by atoms with Crippen molar-refractivity contribution in [2.24, 2.45) is 7.05 Å². The molecule has 7 nitrogen and oxygen atoms in total. The van der Waals surface area contributed by atoms with Crippen LogP contribution in [0.3, 0.4) is 0 Å². The van der Waals surface area contributed by atoms with E-state index in [9.17, 15) is 5.26 Å². The summed E-state index contributed by atoms with van der Waals surface area (Å²) < 4.78 is 9.65. The third-order valence-corrected chi connectivity index (χ3v) is 4.51. The number of rotatable bonds is 2. The van der Waals surface area contributed by atoms with E-state index in [0.29, 0.717) is 31.2 Å². The van der Waals surface area contributed by atoms with Crippen LogP contribution < -0.4 is 4.90 Å². The molecule has 7 heteroatoms. The monoisotopic (exact) mass is 322 g/mol. The minimum Gasteiger partial charge on any atom is -0.367 e. The maximum atomic E-state index is 9.60. The second-order valence-corrected chi connectivity index (χ2v) is 6.23. The van der Waals surface area contributed by atoms with Crippen molar-refractivity contribution in [3.8, 4) is 6.07 Å². The van der Waals surface area contributed by atoms with Gasteiger partial charge in [0.2, 0.25) is 0 Å². The summed E-state index contributed by atoms with van der Waals surface area (Å²) in [5.41, 5.74) is 1.88. The fourth-order valence-electron chi connectivity index (χ4n) is 3.23. The third-order valence-electron chi connectivity index (χ3n) is 4.51. The molecule has 0 radical (unpaired) electrons. The summed E-state index contributed by atoms with van der Waals surface area (Å²) in [6.45, 7) is 3.95. The van der Waals surface area contributed by atoms with E-state index in [4.69, 9.17) is 4.74 Å². The molecule has 0 N–H and O–H groups in total. The normalized spacial score (nSPS) is 21.1. The number of fused-ring (bicyclic) bond motifs is 1.